The molecule has 1 aromatic rings. The molecule has 1 fully saturated rings. The van der Waals surface area contributed by atoms with E-state index in [0.29, 0.717) is 12.4 Å². The maximum atomic E-state index is 12.5. The van der Waals surface area contributed by atoms with Gasteiger partial charge in [-0.3, -0.25) is 4.79 Å². The Kier molecular flexibility index (Phi) is 4.50. The van der Waals surface area contributed by atoms with Crippen LogP contribution in [0, 0.1) is 0 Å². The van der Waals surface area contributed by atoms with Crippen molar-refractivity contribution in [1.29, 1.82) is 0 Å². The van der Waals surface area contributed by atoms with E-state index in [4.69, 9.17) is 9.84 Å². The Hall–Kier alpha value is -1.64. The SMILES string of the molecule is CCOc1ccc(S(=O)(=O)N2C[C@H](O)C[C@@H]2C(=O)O)cc1. The normalized spacial score (nSPS) is 23.1. The molecule has 2 rings (SSSR count). The number of aliphatic hydroxyl groups is 1. The molecule has 8 heteroatoms. The van der Waals surface area contributed by atoms with E-state index in [9.17, 15) is 18.3 Å². The summed E-state index contributed by atoms with van der Waals surface area (Å²) in [5, 5.41) is 18.6. The summed E-state index contributed by atoms with van der Waals surface area (Å²) in [6.07, 6.45) is -1.07. The molecule has 0 bridgehead atoms. The average molecular weight is 315 g/mol. The van der Waals surface area contributed by atoms with Crippen LogP contribution in [0.5, 0.6) is 5.75 Å². The van der Waals surface area contributed by atoms with E-state index in [0.717, 1.165) is 4.31 Å². The van der Waals surface area contributed by atoms with Gasteiger partial charge in [-0.15, -0.1) is 0 Å². The quantitative estimate of drug-likeness (QED) is 0.809. The van der Waals surface area contributed by atoms with Crippen LogP contribution in [0.4, 0.5) is 0 Å². The van der Waals surface area contributed by atoms with Gasteiger partial charge in [0.25, 0.3) is 0 Å². The lowest BCUT2D eigenvalue weighted by molar-refractivity contribution is -0.140. The first-order chi connectivity index (χ1) is 9.86. The molecule has 0 unspecified atom stereocenters. The number of rotatable bonds is 5. The fraction of sp³-hybridized carbons (Fsp3) is 0.462. The zero-order valence-electron chi connectivity index (χ0n) is 11.5. The van der Waals surface area contributed by atoms with E-state index in [1.807, 2.05) is 6.92 Å². The number of β-amino-alcohol motifs (C(OH)–C–C–N with tert-alkyl or cyclic N) is 1. The molecule has 2 atom stereocenters. The number of sulfonamides is 1. The first-order valence-electron chi connectivity index (χ1n) is 6.52. The summed E-state index contributed by atoms with van der Waals surface area (Å²) in [4.78, 5) is 11.1. The van der Waals surface area contributed by atoms with Crippen LogP contribution >= 0.6 is 0 Å². The van der Waals surface area contributed by atoms with Crippen molar-refractivity contribution >= 4 is 16.0 Å². The Morgan fingerprint density at radius 3 is 2.52 bits per heavy atom. The number of carboxylic acid groups (broad SMARTS) is 1. The van der Waals surface area contributed by atoms with Gasteiger partial charge in [0.05, 0.1) is 17.6 Å². The van der Waals surface area contributed by atoms with Gasteiger partial charge in [0, 0.05) is 13.0 Å². The molecule has 1 saturated heterocycles. The molecule has 0 spiro atoms. The smallest absolute Gasteiger partial charge is 0.322 e. The van der Waals surface area contributed by atoms with Crippen molar-refractivity contribution in [3.05, 3.63) is 24.3 Å². The lowest BCUT2D eigenvalue weighted by Crippen LogP contribution is -2.40. The second-order valence-electron chi connectivity index (χ2n) is 4.72. The summed E-state index contributed by atoms with van der Waals surface area (Å²) in [5.74, 6) is -0.728. The molecule has 2 N–H and O–H groups in total. The van der Waals surface area contributed by atoms with E-state index in [1.54, 1.807) is 0 Å². The Morgan fingerprint density at radius 2 is 2.00 bits per heavy atom. The van der Waals surface area contributed by atoms with Gasteiger partial charge in [0.2, 0.25) is 10.0 Å². The molecule has 1 aliphatic rings. The van der Waals surface area contributed by atoms with Crippen LogP contribution in [-0.4, -0.2) is 54.2 Å². The third-order valence-corrected chi connectivity index (χ3v) is 5.15. The predicted molar refractivity (Wildman–Crippen MR) is 73.6 cm³/mol. The predicted octanol–water partition coefficient (Wildman–Crippen LogP) is 0.294. The van der Waals surface area contributed by atoms with E-state index in [2.05, 4.69) is 0 Å². The highest BCUT2D eigenvalue weighted by Gasteiger charge is 2.43. The molecule has 1 aliphatic heterocycles. The molecule has 0 saturated carbocycles. The van der Waals surface area contributed by atoms with Gasteiger partial charge in [0.15, 0.2) is 0 Å². The molecule has 116 valence electrons. The Bertz CT molecular complexity index is 612. The molecule has 0 aromatic heterocycles. The largest absolute Gasteiger partial charge is 0.494 e. The van der Waals surface area contributed by atoms with Crippen molar-refractivity contribution in [2.75, 3.05) is 13.2 Å². The van der Waals surface area contributed by atoms with Gasteiger partial charge >= 0.3 is 5.97 Å². The highest BCUT2D eigenvalue weighted by atomic mass is 32.2. The molecule has 1 heterocycles. The van der Waals surface area contributed by atoms with Crippen LogP contribution in [0.2, 0.25) is 0 Å². The lowest BCUT2D eigenvalue weighted by atomic mass is 10.2. The number of nitrogens with zero attached hydrogens (tertiary/aromatic N) is 1. The number of aliphatic carboxylic acids is 1. The molecule has 21 heavy (non-hydrogen) atoms. The van der Waals surface area contributed by atoms with Gasteiger partial charge in [-0.2, -0.15) is 4.31 Å². The Balaban J connectivity index is 2.30. The molecule has 1 aromatic carbocycles. The van der Waals surface area contributed by atoms with Gasteiger partial charge in [-0.25, -0.2) is 8.42 Å². The van der Waals surface area contributed by atoms with Crippen LogP contribution in [0.15, 0.2) is 29.2 Å². The maximum absolute atomic E-state index is 12.5. The van der Waals surface area contributed by atoms with Crippen LogP contribution in [0.3, 0.4) is 0 Å². The lowest BCUT2D eigenvalue weighted by Gasteiger charge is -2.20. The topological polar surface area (TPSA) is 104 Å². The van der Waals surface area contributed by atoms with Crippen LogP contribution in [0.1, 0.15) is 13.3 Å². The van der Waals surface area contributed by atoms with Crippen LogP contribution in [0.25, 0.3) is 0 Å². The third kappa shape index (κ3) is 3.17. The number of hydrogen-bond donors (Lipinski definition) is 2. The van der Waals surface area contributed by atoms with E-state index < -0.39 is 28.1 Å². The minimum Gasteiger partial charge on any atom is -0.494 e. The van der Waals surface area contributed by atoms with Crippen molar-refractivity contribution in [3.63, 3.8) is 0 Å². The average Bonchev–Trinajstić information content (AvgIpc) is 2.83. The maximum Gasteiger partial charge on any atom is 0.322 e. The van der Waals surface area contributed by atoms with Gasteiger partial charge in [-0.05, 0) is 31.2 Å². The number of ether oxygens (including phenoxy) is 1. The fourth-order valence-corrected chi connectivity index (χ4v) is 3.91. The molecular weight excluding hydrogens is 298 g/mol. The molecule has 0 amide bonds. The zero-order valence-corrected chi connectivity index (χ0v) is 12.3. The minimum absolute atomic E-state index is 0.0219. The van der Waals surface area contributed by atoms with E-state index in [-0.39, 0.29) is 17.9 Å². The monoisotopic (exact) mass is 315 g/mol. The molecule has 7 nitrogen and oxygen atoms in total. The van der Waals surface area contributed by atoms with Crippen molar-refractivity contribution in [3.8, 4) is 5.75 Å². The van der Waals surface area contributed by atoms with Crippen molar-refractivity contribution in [2.45, 2.75) is 30.4 Å². The summed E-state index contributed by atoms with van der Waals surface area (Å²) in [5.41, 5.74) is 0. The Morgan fingerprint density at radius 1 is 1.38 bits per heavy atom. The van der Waals surface area contributed by atoms with Crippen molar-refractivity contribution < 1.29 is 28.2 Å². The third-order valence-electron chi connectivity index (χ3n) is 3.26. The Labute approximate surface area is 122 Å². The number of aliphatic hydroxyl groups excluding tert-OH is 1. The highest BCUT2D eigenvalue weighted by Crippen LogP contribution is 2.27. The number of carboxylic acids is 1. The molecule has 0 radical (unpaired) electrons. The summed E-state index contributed by atoms with van der Waals surface area (Å²) in [7, 11) is -3.96. The van der Waals surface area contributed by atoms with Crippen molar-refractivity contribution in [1.82, 2.24) is 4.31 Å². The summed E-state index contributed by atoms with van der Waals surface area (Å²) >= 11 is 0. The van der Waals surface area contributed by atoms with Gasteiger partial charge in [-0.1, -0.05) is 0 Å². The van der Waals surface area contributed by atoms with Crippen LogP contribution < -0.4 is 4.74 Å². The van der Waals surface area contributed by atoms with E-state index >= 15 is 0 Å². The number of hydrogen-bond acceptors (Lipinski definition) is 5. The minimum atomic E-state index is -3.96. The number of carbonyl (C=O) groups is 1. The fourth-order valence-electron chi connectivity index (χ4n) is 2.28. The summed E-state index contributed by atoms with van der Waals surface area (Å²) in [6.45, 7) is 2.06. The van der Waals surface area contributed by atoms with Crippen molar-refractivity contribution in [2.24, 2.45) is 0 Å². The van der Waals surface area contributed by atoms with Gasteiger partial charge in [0.1, 0.15) is 11.8 Å². The first-order valence-corrected chi connectivity index (χ1v) is 7.96. The second kappa shape index (κ2) is 6.00. The summed E-state index contributed by atoms with van der Waals surface area (Å²) in [6, 6.07) is 4.52. The molecule has 0 aliphatic carbocycles. The number of benzene rings is 1. The van der Waals surface area contributed by atoms with Gasteiger partial charge < -0.3 is 14.9 Å². The van der Waals surface area contributed by atoms with Crippen LogP contribution in [-0.2, 0) is 14.8 Å². The highest BCUT2D eigenvalue weighted by molar-refractivity contribution is 7.89. The van der Waals surface area contributed by atoms with E-state index in [1.165, 1.54) is 24.3 Å². The summed E-state index contributed by atoms with van der Waals surface area (Å²) < 4.78 is 31.0. The first kappa shape index (κ1) is 15.7. The standard InChI is InChI=1S/C13H17NO6S/c1-2-20-10-3-5-11(6-4-10)21(18,19)14-8-9(15)7-12(14)13(16)17/h3-6,9,12,15H,2,7-8H2,1H3,(H,16,17)/t9-,12-/m1/s1. The zero-order chi connectivity index (χ0) is 15.6. The molecular formula is C13H17NO6S. The second-order valence-corrected chi connectivity index (χ2v) is 6.61.